The Hall–Kier alpha value is -2.54. The number of amides is 1. The molecule has 1 amide bonds. The SMILES string of the molecule is CCNCCN1C(=O)c2ccccc2N(C)c2cc(C(F)(F)F)ccc21. The third-order valence-corrected chi connectivity index (χ3v) is 4.46. The molecule has 0 spiro atoms. The minimum atomic E-state index is -4.44. The fraction of sp³-hybridized carbons (Fsp3) is 0.316. The number of carbonyl (C=O) groups excluding carboxylic acids is 1. The van der Waals surface area contributed by atoms with E-state index >= 15 is 0 Å². The van der Waals surface area contributed by atoms with Crippen LogP contribution in [-0.4, -0.2) is 32.6 Å². The topological polar surface area (TPSA) is 35.6 Å². The number of hydrogen-bond donors (Lipinski definition) is 1. The molecule has 4 nitrogen and oxygen atoms in total. The quantitative estimate of drug-likeness (QED) is 0.833. The second-order valence-electron chi connectivity index (χ2n) is 6.09. The number of alkyl halides is 3. The maximum Gasteiger partial charge on any atom is 0.416 e. The minimum absolute atomic E-state index is 0.219. The molecule has 7 heteroatoms. The van der Waals surface area contributed by atoms with Crippen molar-refractivity contribution in [3.05, 3.63) is 53.6 Å². The molecule has 0 saturated carbocycles. The Kier molecular flexibility index (Phi) is 4.91. The van der Waals surface area contributed by atoms with Crippen LogP contribution in [0.15, 0.2) is 42.5 Å². The van der Waals surface area contributed by atoms with Crippen LogP contribution in [0.5, 0.6) is 0 Å². The Morgan fingerprint density at radius 3 is 2.46 bits per heavy atom. The van der Waals surface area contributed by atoms with Crippen LogP contribution in [0.25, 0.3) is 0 Å². The van der Waals surface area contributed by atoms with Crippen molar-refractivity contribution < 1.29 is 18.0 Å². The van der Waals surface area contributed by atoms with E-state index in [1.165, 1.54) is 6.07 Å². The molecule has 0 radical (unpaired) electrons. The molecule has 138 valence electrons. The third kappa shape index (κ3) is 3.26. The summed E-state index contributed by atoms with van der Waals surface area (Å²) in [5.41, 5.74) is 1.15. The summed E-state index contributed by atoms with van der Waals surface area (Å²) in [6.45, 7) is 3.62. The largest absolute Gasteiger partial charge is 0.416 e. The molecule has 1 aliphatic rings. The number of nitrogens with zero attached hydrogens (tertiary/aromatic N) is 2. The Morgan fingerprint density at radius 2 is 1.77 bits per heavy atom. The van der Waals surface area contributed by atoms with Gasteiger partial charge in [-0.25, -0.2) is 0 Å². The van der Waals surface area contributed by atoms with E-state index in [4.69, 9.17) is 0 Å². The van der Waals surface area contributed by atoms with Gasteiger partial charge in [0.15, 0.2) is 0 Å². The number of halogens is 3. The number of hydrogen-bond acceptors (Lipinski definition) is 3. The van der Waals surface area contributed by atoms with Gasteiger partial charge in [-0.2, -0.15) is 13.2 Å². The van der Waals surface area contributed by atoms with E-state index in [2.05, 4.69) is 5.32 Å². The molecule has 0 fully saturated rings. The summed E-state index contributed by atoms with van der Waals surface area (Å²) < 4.78 is 39.6. The Bertz CT molecular complexity index is 820. The fourth-order valence-electron chi connectivity index (χ4n) is 3.12. The van der Waals surface area contributed by atoms with Gasteiger partial charge in [-0.05, 0) is 36.9 Å². The fourth-order valence-corrected chi connectivity index (χ4v) is 3.12. The standard InChI is InChI=1S/C19H20F3N3O/c1-3-23-10-11-25-16-9-8-13(19(20,21)22)12-17(16)24(2)15-7-5-4-6-14(15)18(25)26/h4-9,12,23H,3,10-11H2,1-2H3. The van der Waals surface area contributed by atoms with Crippen molar-refractivity contribution in [2.75, 3.05) is 36.5 Å². The van der Waals surface area contributed by atoms with Crippen LogP contribution in [0.1, 0.15) is 22.8 Å². The highest BCUT2D eigenvalue weighted by atomic mass is 19.4. The molecule has 0 saturated heterocycles. The van der Waals surface area contributed by atoms with E-state index in [-0.39, 0.29) is 5.91 Å². The van der Waals surface area contributed by atoms with Crippen LogP contribution in [0.4, 0.5) is 30.2 Å². The van der Waals surface area contributed by atoms with Gasteiger partial charge < -0.3 is 15.1 Å². The van der Waals surface area contributed by atoms with E-state index in [9.17, 15) is 18.0 Å². The first-order chi connectivity index (χ1) is 12.3. The summed E-state index contributed by atoms with van der Waals surface area (Å²) in [6, 6.07) is 10.5. The van der Waals surface area contributed by atoms with E-state index in [0.717, 1.165) is 18.7 Å². The highest BCUT2D eigenvalue weighted by molar-refractivity contribution is 6.13. The molecule has 26 heavy (non-hydrogen) atoms. The minimum Gasteiger partial charge on any atom is -0.342 e. The summed E-state index contributed by atoms with van der Waals surface area (Å²) in [5.74, 6) is -0.219. The van der Waals surface area contributed by atoms with Crippen molar-refractivity contribution in [3.63, 3.8) is 0 Å². The van der Waals surface area contributed by atoms with Crippen LogP contribution in [0.2, 0.25) is 0 Å². The number of carbonyl (C=O) groups is 1. The predicted molar refractivity (Wildman–Crippen MR) is 96.2 cm³/mol. The van der Waals surface area contributed by atoms with Crippen LogP contribution in [0.3, 0.4) is 0 Å². The maximum atomic E-state index is 13.2. The van der Waals surface area contributed by atoms with Gasteiger partial charge in [-0.1, -0.05) is 19.1 Å². The zero-order valence-electron chi connectivity index (χ0n) is 14.6. The van der Waals surface area contributed by atoms with E-state index in [1.807, 2.05) is 6.92 Å². The molecule has 0 atom stereocenters. The molecule has 0 unspecified atom stereocenters. The summed E-state index contributed by atoms with van der Waals surface area (Å²) in [5, 5.41) is 3.15. The van der Waals surface area contributed by atoms with Crippen LogP contribution < -0.4 is 15.1 Å². The molecule has 2 aromatic rings. The van der Waals surface area contributed by atoms with Crippen molar-refractivity contribution in [1.82, 2.24) is 5.32 Å². The highest BCUT2D eigenvalue weighted by Gasteiger charge is 2.34. The Balaban J connectivity index is 2.16. The summed E-state index contributed by atoms with van der Waals surface area (Å²) in [4.78, 5) is 16.3. The van der Waals surface area contributed by atoms with E-state index in [0.29, 0.717) is 35.7 Å². The molecule has 1 aliphatic heterocycles. The maximum absolute atomic E-state index is 13.2. The van der Waals surface area contributed by atoms with Crippen molar-refractivity contribution in [1.29, 1.82) is 0 Å². The lowest BCUT2D eigenvalue weighted by Crippen LogP contribution is -2.36. The molecular weight excluding hydrogens is 343 g/mol. The normalized spacial score (nSPS) is 14.1. The number of anilines is 3. The van der Waals surface area contributed by atoms with Crippen molar-refractivity contribution in [2.45, 2.75) is 13.1 Å². The Morgan fingerprint density at radius 1 is 1.04 bits per heavy atom. The van der Waals surface area contributed by atoms with Crippen LogP contribution >= 0.6 is 0 Å². The number of benzene rings is 2. The molecule has 1 N–H and O–H groups in total. The molecule has 0 aliphatic carbocycles. The molecule has 0 bridgehead atoms. The average Bonchev–Trinajstić information content (AvgIpc) is 2.70. The van der Waals surface area contributed by atoms with Gasteiger partial charge in [0, 0.05) is 20.1 Å². The zero-order chi connectivity index (χ0) is 18.9. The van der Waals surface area contributed by atoms with Gasteiger partial charge in [0.2, 0.25) is 0 Å². The summed E-state index contributed by atoms with van der Waals surface area (Å²) in [7, 11) is 1.68. The van der Waals surface area contributed by atoms with E-state index < -0.39 is 11.7 Å². The number of fused-ring (bicyclic) bond motifs is 2. The molecule has 1 heterocycles. The lowest BCUT2D eigenvalue weighted by atomic mass is 10.1. The molecule has 3 rings (SSSR count). The van der Waals surface area contributed by atoms with Crippen molar-refractivity contribution >= 4 is 23.0 Å². The zero-order valence-corrected chi connectivity index (χ0v) is 14.6. The van der Waals surface area contributed by atoms with Gasteiger partial charge in [0.05, 0.1) is 28.2 Å². The number of rotatable bonds is 4. The van der Waals surface area contributed by atoms with Crippen molar-refractivity contribution in [3.8, 4) is 0 Å². The van der Waals surface area contributed by atoms with Gasteiger partial charge in [-0.3, -0.25) is 4.79 Å². The second-order valence-corrected chi connectivity index (χ2v) is 6.09. The average molecular weight is 363 g/mol. The third-order valence-electron chi connectivity index (χ3n) is 4.46. The van der Waals surface area contributed by atoms with Gasteiger partial charge in [0.25, 0.3) is 5.91 Å². The summed E-state index contributed by atoms with van der Waals surface area (Å²) in [6.07, 6.45) is -4.44. The first-order valence-corrected chi connectivity index (χ1v) is 8.41. The number of para-hydroxylation sites is 1. The van der Waals surface area contributed by atoms with E-state index in [1.54, 1.807) is 41.1 Å². The number of likely N-dealkylation sites (N-methyl/N-ethyl adjacent to an activating group) is 1. The first-order valence-electron chi connectivity index (χ1n) is 8.41. The first kappa shape index (κ1) is 18.3. The molecule has 0 aromatic heterocycles. The van der Waals surface area contributed by atoms with Gasteiger partial charge in [0.1, 0.15) is 0 Å². The molecule has 2 aromatic carbocycles. The summed E-state index contributed by atoms with van der Waals surface area (Å²) >= 11 is 0. The monoisotopic (exact) mass is 363 g/mol. The van der Waals surface area contributed by atoms with Gasteiger partial charge in [-0.15, -0.1) is 0 Å². The highest BCUT2D eigenvalue weighted by Crippen LogP contribution is 2.42. The molecular formula is C19H20F3N3O. The lowest BCUT2D eigenvalue weighted by Gasteiger charge is -2.25. The van der Waals surface area contributed by atoms with Crippen LogP contribution in [-0.2, 0) is 6.18 Å². The van der Waals surface area contributed by atoms with Crippen LogP contribution in [0, 0.1) is 0 Å². The number of nitrogens with one attached hydrogen (secondary N) is 1. The Labute approximate surface area is 150 Å². The predicted octanol–water partition coefficient (Wildman–Crippen LogP) is 4.04. The van der Waals surface area contributed by atoms with Gasteiger partial charge >= 0.3 is 6.18 Å². The smallest absolute Gasteiger partial charge is 0.342 e. The second kappa shape index (κ2) is 6.99. The van der Waals surface area contributed by atoms with Crippen molar-refractivity contribution in [2.24, 2.45) is 0 Å². The lowest BCUT2D eigenvalue weighted by molar-refractivity contribution is -0.137.